The van der Waals surface area contributed by atoms with Crippen molar-refractivity contribution in [1.82, 2.24) is 10.3 Å². The van der Waals surface area contributed by atoms with Gasteiger partial charge < -0.3 is 15.7 Å². The van der Waals surface area contributed by atoms with Gasteiger partial charge in [-0.1, -0.05) is 26.2 Å². The molecule has 0 aliphatic rings. The summed E-state index contributed by atoms with van der Waals surface area (Å²) in [7, 11) is 0. The summed E-state index contributed by atoms with van der Waals surface area (Å²) in [5.74, 6) is 2.89. The lowest BCUT2D eigenvalue weighted by Gasteiger charge is -2.30. The summed E-state index contributed by atoms with van der Waals surface area (Å²) in [5.41, 5.74) is -0.358. The molecule has 1 amide bonds. The molecular formula is C16H23N3O2. The van der Waals surface area contributed by atoms with Crippen LogP contribution >= 0.6 is 0 Å². The van der Waals surface area contributed by atoms with E-state index in [0.29, 0.717) is 17.9 Å². The summed E-state index contributed by atoms with van der Waals surface area (Å²) in [4.78, 5) is 15.8. The Morgan fingerprint density at radius 3 is 2.81 bits per heavy atom. The smallest absolute Gasteiger partial charge is 0.253 e. The van der Waals surface area contributed by atoms with Crippen molar-refractivity contribution < 1.29 is 9.90 Å². The first-order chi connectivity index (χ1) is 9.90. The highest BCUT2D eigenvalue weighted by Gasteiger charge is 2.26. The maximum atomic E-state index is 11.7. The molecule has 2 atom stereocenters. The van der Waals surface area contributed by atoms with Crippen LogP contribution in [0.3, 0.4) is 0 Å². The molecule has 1 heterocycles. The van der Waals surface area contributed by atoms with Crippen molar-refractivity contribution in [3.05, 3.63) is 23.9 Å². The maximum absolute atomic E-state index is 11.7. The highest BCUT2D eigenvalue weighted by atomic mass is 16.3. The molecule has 0 radical (unpaired) electrons. The third-order valence-electron chi connectivity index (χ3n) is 3.68. The van der Waals surface area contributed by atoms with Crippen molar-refractivity contribution >= 4 is 11.7 Å². The van der Waals surface area contributed by atoms with E-state index in [1.54, 1.807) is 19.1 Å². The van der Waals surface area contributed by atoms with Crippen LogP contribution in [0.15, 0.2) is 18.3 Å². The highest BCUT2D eigenvalue weighted by molar-refractivity contribution is 5.94. The van der Waals surface area contributed by atoms with Crippen molar-refractivity contribution in [2.24, 2.45) is 5.92 Å². The molecule has 3 N–H and O–H groups in total. The summed E-state index contributed by atoms with van der Waals surface area (Å²) in [5, 5.41) is 16.0. The Morgan fingerprint density at radius 2 is 2.29 bits per heavy atom. The number of hydrogen-bond donors (Lipinski definition) is 3. The van der Waals surface area contributed by atoms with E-state index in [-0.39, 0.29) is 18.4 Å². The van der Waals surface area contributed by atoms with Crippen LogP contribution in [0.25, 0.3) is 0 Å². The predicted octanol–water partition coefficient (Wildman–Crippen LogP) is 1.65. The number of rotatable bonds is 7. The number of aromatic nitrogens is 1. The van der Waals surface area contributed by atoms with Gasteiger partial charge in [-0.3, -0.25) is 4.79 Å². The average Bonchev–Trinajstić information content (AvgIpc) is 2.50. The predicted molar refractivity (Wildman–Crippen MR) is 84.0 cm³/mol. The van der Waals surface area contributed by atoms with Crippen molar-refractivity contribution in [3.8, 4) is 12.3 Å². The van der Waals surface area contributed by atoms with Crippen LogP contribution in [0, 0.1) is 18.3 Å². The van der Waals surface area contributed by atoms with Gasteiger partial charge in [0.1, 0.15) is 5.82 Å². The van der Waals surface area contributed by atoms with Gasteiger partial charge in [0.05, 0.1) is 17.7 Å². The molecule has 5 nitrogen and oxygen atoms in total. The van der Waals surface area contributed by atoms with Crippen LogP contribution in [0.1, 0.15) is 37.6 Å². The molecule has 0 fully saturated rings. The first kappa shape index (κ1) is 17.0. The largest absolute Gasteiger partial charge is 0.388 e. The fourth-order valence-electron chi connectivity index (χ4n) is 1.75. The molecule has 1 aromatic heterocycles. The number of terminal acetylenes is 1. The Kier molecular flexibility index (Phi) is 6.19. The van der Waals surface area contributed by atoms with Crippen molar-refractivity contribution in [2.45, 2.75) is 32.8 Å². The summed E-state index contributed by atoms with van der Waals surface area (Å²) < 4.78 is 0. The third kappa shape index (κ3) is 5.09. The van der Waals surface area contributed by atoms with Gasteiger partial charge in [0.15, 0.2) is 0 Å². The van der Waals surface area contributed by atoms with Gasteiger partial charge in [0.25, 0.3) is 5.91 Å². The fourth-order valence-corrected chi connectivity index (χ4v) is 1.75. The molecule has 0 aliphatic heterocycles. The first-order valence-corrected chi connectivity index (χ1v) is 7.04. The van der Waals surface area contributed by atoms with Crippen molar-refractivity contribution in [2.75, 3.05) is 18.4 Å². The number of amides is 1. The minimum Gasteiger partial charge on any atom is -0.388 e. The molecule has 0 spiro atoms. The van der Waals surface area contributed by atoms with Crippen LogP contribution in [-0.2, 0) is 0 Å². The SMILES string of the molecule is C#CCNC(=O)c1ccc(NC[C@@](C)(O)[C@@H](C)CC)nc1. The van der Waals surface area contributed by atoms with E-state index in [1.807, 2.05) is 13.8 Å². The molecule has 5 heteroatoms. The number of anilines is 1. The lowest BCUT2D eigenvalue weighted by atomic mass is 9.89. The van der Waals surface area contributed by atoms with E-state index in [4.69, 9.17) is 6.42 Å². The number of carbonyl (C=O) groups is 1. The average molecular weight is 289 g/mol. The highest BCUT2D eigenvalue weighted by Crippen LogP contribution is 2.20. The van der Waals surface area contributed by atoms with Crippen LogP contribution in [0.5, 0.6) is 0 Å². The molecule has 1 rings (SSSR count). The zero-order valence-electron chi connectivity index (χ0n) is 12.8. The standard InChI is InChI=1S/C16H23N3O2/c1-5-9-17-15(20)13-7-8-14(18-10-13)19-11-16(4,21)12(3)6-2/h1,7-8,10,12,21H,6,9,11H2,2-4H3,(H,17,20)(H,18,19)/t12-,16+/m0/s1. The Labute approximate surface area is 126 Å². The fraction of sp³-hybridized carbons (Fsp3) is 0.500. The molecule has 0 saturated carbocycles. The lowest BCUT2D eigenvalue weighted by Crippen LogP contribution is -2.40. The molecule has 21 heavy (non-hydrogen) atoms. The van der Waals surface area contributed by atoms with E-state index in [2.05, 4.69) is 21.5 Å². The quantitative estimate of drug-likeness (QED) is 0.667. The van der Waals surface area contributed by atoms with E-state index in [9.17, 15) is 9.90 Å². The van der Waals surface area contributed by atoms with Crippen LogP contribution in [0.4, 0.5) is 5.82 Å². The van der Waals surface area contributed by atoms with Gasteiger partial charge in [-0.15, -0.1) is 6.42 Å². The van der Waals surface area contributed by atoms with E-state index >= 15 is 0 Å². The van der Waals surface area contributed by atoms with Gasteiger partial charge in [-0.25, -0.2) is 4.98 Å². The first-order valence-electron chi connectivity index (χ1n) is 7.04. The molecular weight excluding hydrogens is 266 g/mol. The number of pyridine rings is 1. The van der Waals surface area contributed by atoms with E-state index in [0.717, 1.165) is 6.42 Å². The van der Waals surface area contributed by atoms with Gasteiger partial charge in [-0.05, 0) is 25.0 Å². The monoisotopic (exact) mass is 289 g/mol. The zero-order chi connectivity index (χ0) is 15.9. The second kappa shape index (κ2) is 7.65. The Balaban J connectivity index is 2.59. The topological polar surface area (TPSA) is 74.2 Å². The molecule has 0 bridgehead atoms. The number of nitrogens with zero attached hydrogens (tertiary/aromatic N) is 1. The number of carbonyl (C=O) groups excluding carboxylic acids is 1. The molecule has 0 unspecified atom stereocenters. The summed E-state index contributed by atoms with van der Waals surface area (Å²) in [6.07, 6.45) is 7.46. The zero-order valence-corrected chi connectivity index (χ0v) is 12.8. The normalized spacial score (nSPS) is 14.6. The van der Waals surface area contributed by atoms with Crippen LogP contribution < -0.4 is 10.6 Å². The second-order valence-corrected chi connectivity index (χ2v) is 5.34. The Morgan fingerprint density at radius 1 is 1.57 bits per heavy atom. The van der Waals surface area contributed by atoms with Gasteiger partial charge in [-0.2, -0.15) is 0 Å². The number of hydrogen-bond acceptors (Lipinski definition) is 4. The van der Waals surface area contributed by atoms with Crippen molar-refractivity contribution in [1.29, 1.82) is 0 Å². The van der Waals surface area contributed by atoms with Gasteiger partial charge in [0, 0.05) is 12.7 Å². The summed E-state index contributed by atoms with van der Waals surface area (Å²) in [6, 6.07) is 3.37. The number of aliphatic hydroxyl groups is 1. The third-order valence-corrected chi connectivity index (χ3v) is 3.68. The van der Waals surface area contributed by atoms with Gasteiger partial charge >= 0.3 is 0 Å². The molecule has 0 aromatic carbocycles. The van der Waals surface area contributed by atoms with Crippen LogP contribution in [0.2, 0.25) is 0 Å². The Bertz CT molecular complexity index is 503. The van der Waals surface area contributed by atoms with E-state index < -0.39 is 5.60 Å². The minimum atomic E-state index is -0.806. The van der Waals surface area contributed by atoms with Crippen molar-refractivity contribution in [3.63, 3.8) is 0 Å². The van der Waals surface area contributed by atoms with E-state index in [1.165, 1.54) is 6.20 Å². The molecule has 1 aromatic rings. The van der Waals surface area contributed by atoms with Crippen LogP contribution in [-0.4, -0.2) is 34.7 Å². The minimum absolute atomic E-state index is 0.179. The van der Waals surface area contributed by atoms with Gasteiger partial charge in [0.2, 0.25) is 0 Å². The summed E-state index contributed by atoms with van der Waals surface area (Å²) >= 11 is 0. The maximum Gasteiger partial charge on any atom is 0.253 e. The molecule has 0 saturated heterocycles. The number of nitrogens with one attached hydrogen (secondary N) is 2. The summed E-state index contributed by atoms with van der Waals surface area (Å²) in [6.45, 7) is 6.44. The molecule has 0 aliphatic carbocycles. The Hall–Kier alpha value is -2.06. The second-order valence-electron chi connectivity index (χ2n) is 5.34. The molecule has 114 valence electrons. The lowest BCUT2D eigenvalue weighted by molar-refractivity contribution is 0.0175.